The number of benzene rings is 1. The van der Waals surface area contributed by atoms with Crippen LogP contribution in [0, 0.1) is 0 Å². The summed E-state index contributed by atoms with van der Waals surface area (Å²) < 4.78 is 10.2. The Hall–Kier alpha value is -2.41. The van der Waals surface area contributed by atoms with Crippen LogP contribution in [0.25, 0.3) is 0 Å². The van der Waals surface area contributed by atoms with Crippen molar-refractivity contribution in [1.29, 1.82) is 0 Å². The molecule has 1 fully saturated rings. The van der Waals surface area contributed by atoms with E-state index in [4.69, 9.17) is 9.47 Å². The predicted molar refractivity (Wildman–Crippen MR) is 87.6 cm³/mol. The number of hydrogen-bond acceptors (Lipinski definition) is 5. The SMILES string of the molecule is CCOC(=O)CC(=O)Nc1cccc(C(=O)NC[C@H]2CCCO2)c1. The van der Waals surface area contributed by atoms with Gasteiger partial charge in [-0.15, -0.1) is 0 Å². The number of carbonyl (C=O) groups excluding carboxylic acids is 3. The second-order valence-electron chi connectivity index (χ2n) is 5.46. The van der Waals surface area contributed by atoms with Crippen LogP contribution in [0.2, 0.25) is 0 Å². The Morgan fingerprint density at radius 3 is 2.88 bits per heavy atom. The largest absolute Gasteiger partial charge is 0.466 e. The summed E-state index contributed by atoms with van der Waals surface area (Å²) in [6, 6.07) is 6.54. The zero-order valence-corrected chi connectivity index (χ0v) is 13.7. The van der Waals surface area contributed by atoms with Gasteiger partial charge in [0.25, 0.3) is 5.91 Å². The van der Waals surface area contributed by atoms with Crippen LogP contribution in [0.1, 0.15) is 36.5 Å². The topological polar surface area (TPSA) is 93.7 Å². The first kappa shape index (κ1) is 17.9. The van der Waals surface area contributed by atoms with E-state index in [1.54, 1.807) is 31.2 Å². The van der Waals surface area contributed by atoms with Gasteiger partial charge in [-0.25, -0.2) is 0 Å². The van der Waals surface area contributed by atoms with Gasteiger partial charge in [-0.05, 0) is 38.0 Å². The monoisotopic (exact) mass is 334 g/mol. The first-order valence-corrected chi connectivity index (χ1v) is 8.04. The first-order valence-electron chi connectivity index (χ1n) is 8.04. The number of rotatable bonds is 7. The lowest BCUT2D eigenvalue weighted by molar-refractivity contribution is -0.145. The van der Waals surface area contributed by atoms with Crippen molar-refractivity contribution in [3.05, 3.63) is 29.8 Å². The quantitative estimate of drug-likeness (QED) is 0.582. The molecule has 0 aromatic heterocycles. The van der Waals surface area contributed by atoms with E-state index < -0.39 is 11.9 Å². The molecule has 1 atom stereocenters. The van der Waals surface area contributed by atoms with E-state index in [0.29, 0.717) is 17.8 Å². The molecule has 0 spiro atoms. The van der Waals surface area contributed by atoms with E-state index in [2.05, 4.69) is 10.6 Å². The Kier molecular flexibility index (Phi) is 6.74. The average molecular weight is 334 g/mol. The number of anilines is 1. The molecule has 0 saturated carbocycles. The predicted octanol–water partition coefficient (Wildman–Crippen LogP) is 1.49. The lowest BCUT2D eigenvalue weighted by Crippen LogP contribution is -2.31. The van der Waals surface area contributed by atoms with Gasteiger partial charge in [-0.2, -0.15) is 0 Å². The Bertz CT molecular complexity index is 596. The molecule has 7 nitrogen and oxygen atoms in total. The Morgan fingerprint density at radius 1 is 1.33 bits per heavy atom. The minimum atomic E-state index is -0.583. The molecule has 2 rings (SSSR count). The number of carbonyl (C=O) groups is 3. The van der Waals surface area contributed by atoms with Crippen molar-refractivity contribution < 1.29 is 23.9 Å². The van der Waals surface area contributed by atoms with Gasteiger partial charge in [-0.3, -0.25) is 14.4 Å². The highest BCUT2D eigenvalue weighted by molar-refractivity contribution is 6.02. The normalized spacial score (nSPS) is 16.5. The van der Waals surface area contributed by atoms with Crippen molar-refractivity contribution >= 4 is 23.5 Å². The number of ether oxygens (including phenoxy) is 2. The average Bonchev–Trinajstić information content (AvgIpc) is 3.06. The maximum Gasteiger partial charge on any atom is 0.315 e. The summed E-state index contributed by atoms with van der Waals surface area (Å²) in [6.07, 6.45) is 1.68. The summed E-state index contributed by atoms with van der Waals surface area (Å²) in [4.78, 5) is 35.2. The summed E-state index contributed by atoms with van der Waals surface area (Å²) in [5.74, 6) is -1.29. The lowest BCUT2D eigenvalue weighted by Gasteiger charge is -2.11. The zero-order valence-electron chi connectivity index (χ0n) is 13.7. The second kappa shape index (κ2) is 9.02. The smallest absolute Gasteiger partial charge is 0.315 e. The van der Waals surface area contributed by atoms with E-state index in [-0.39, 0.29) is 25.0 Å². The molecule has 1 aromatic rings. The number of esters is 1. The van der Waals surface area contributed by atoms with E-state index in [1.165, 1.54) is 0 Å². The first-order chi connectivity index (χ1) is 11.6. The summed E-state index contributed by atoms with van der Waals surface area (Å²) in [7, 11) is 0. The van der Waals surface area contributed by atoms with E-state index in [9.17, 15) is 14.4 Å². The molecule has 2 N–H and O–H groups in total. The number of nitrogens with one attached hydrogen (secondary N) is 2. The highest BCUT2D eigenvalue weighted by Crippen LogP contribution is 2.13. The highest BCUT2D eigenvalue weighted by Gasteiger charge is 2.17. The van der Waals surface area contributed by atoms with Crippen LogP contribution >= 0.6 is 0 Å². The van der Waals surface area contributed by atoms with Gasteiger partial charge in [0.05, 0.1) is 12.7 Å². The van der Waals surface area contributed by atoms with Crippen LogP contribution in [0.4, 0.5) is 5.69 Å². The molecule has 24 heavy (non-hydrogen) atoms. The van der Waals surface area contributed by atoms with Gasteiger partial charge in [0.2, 0.25) is 5.91 Å². The minimum Gasteiger partial charge on any atom is -0.466 e. The number of amides is 2. The van der Waals surface area contributed by atoms with Gasteiger partial charge in [0.15, 0.2) is 0 Å². The standard InChI is InChI=1S/C17H22N2O5/c1-2-23-16(21)10-15(20)19-13-6-3-5-12(9-13)17(22)18-11-14-7-4-8-24-14/h3,5-6,9,14H,2,4,7-8,10-11H2,1H3,(H,18,22)(H,19,20)/t14-/m1/s1. The summed E-state index contributed by atoms with van der Waals surface area (Å²) in [5.41, 5.74) is 0.885. The van der Waals surface area contributed by atoms with Crippen molar-refractivity contribution in [3.63, 3.8) is 0 Å². The molecular weight excluding hydrogens is 312 g/mol. The van der Waals surface area contributed by atoms with Crippen molar-refractivity contribution in [1.82, 2.24) is 5.32 Å². The molecule has 1 aromatic carbocycles. The van der Waals surface area contributed by atoms with Crippen LogP contribution in [0.3, 0.4) is 0 Å². The summed E-state index contributed by atoms with van der Waals surface area (Å²) in [6.45, 7) is 3.11. The van der Waals surface area contributed by atoms with Gasteiger partial charge in [0.1, 0.15) is 6.42 Å². The van der Waals surface area contributed by atoms with E-state index >= 15 is 0 Å². The van der Waals surface area contributed by atoms with Crippen LogP contribution in [-0.2, 0) is 19.1 Å². The van der Waals surface area contributed by atoms with Gasteiger partial charge < -0.3 is 20.1 Å². The molecule has 1 saturated heterocycles. The Morgan fingerprint density at radius 2 is 2.17 bits per heavy atom. The molecule has 130 valence electrons. The van der Waals surface area contributed by atoms with Crippen molar-refractivity contribution in [3.8, 4) is 0 Å². The number of hydrogen-bond donors (Lipinski definition) is 2. The molecule has 0 bridgehead atoms. The van der Waals surface area contributed by atoms with E-state index in [1.807, 2.05) is 0 Å². The molecule has 0 aliphatic carbocycles. The molecule has 1 aliphatic rings. The summed E-state index contributed by atoms with van der Waals surface area (Å²) in [5, 5.41) is 5.40. The van der Waals surface area contributed by atoms with Gasteiger partial charge >= 0.3 is 5.97 Å². The molecule has 0 unspecified atom stereocenters. The fourth-order valence-corrected chi connectivity index (χ4v) is 2.40. The van der Waals surface area contributed by atoms with Crippen LogP contribution in [0.15, 0.2) is 24.3 Å². The molecule has 7 heteroatoms. The third kappa shape index (κ3) is 5.66. The van der Waals surface area contributed by atoms with Crippen LogP contribution in [-0.4, -0.2) is 43.6 Å². The van der Waals surface area contributed by atoms with Crippen LogP contribution < -0.4 is 10.6 Å². The second-order valence-corrected chi connectivity index (χ2v) is 5.46. The van der Waals surface area contributed by atoms with Gasteiger partial charge in [0, 0.05) is 24.4 Å². The highest BCUT2D eigenvalue weighted by atomic mass is 16.5. The fourth-order valence-electron chi connectivity index (χ4n) is 2.40. The van der Waals surface area contributed by atoms with Crippen molar-refractivity contribution in [2.45, 2.75) is 32.3 Å². The lowest BCUT2D eigenvalue weighted by atomic mass is 10.1. The van der Waals surface area contributed by atoms with E-state index in [0.717, 1.165) is 19.4 Å². The molecule has 0 radical (unpaired) electrons. The minimum absolute atomic E-state index is 0.0708. The maximum atomic E-state index is 12.1. The Balaban J connectivity index is 1.86. The molecule has 1 heterocycles. The summed E-state index contributed by atoms with van der Waals surface area (Å²) >= 11 is 0. The van der Waals surface area contributed by atoms with Gasteiger partial charge in [-0.1, -0.05) is 6.07 Å². The van der Waals surface area contributed by atoms with Crippen LogP contribution in [0.5, 0.6) is 0 Å². The fraction of sp³-hybridized carbons (Fsp3) is 0.471. The molecule has 1 aliphatic heterocycles. The maximum absolute atomic E-state index is 12.1. The third-order valence-corrected chi connectivity index (χ3v) is 3.53. The van der Waals surface area contributed by atoms with Crippen molar-refractivity contribution in [2.75, 3.05) is 25.1 Å². The Labute approximate surface area is 140 Å². The third-order valence-electron chi connectivity index (χ3n) is 3.53. The molecular formula is C17H22N2O5. The van der Waals surface area contributed by atoms with Crippen molar-refractivity contribution in [2.24, 2.45) is 0 Å². The molecule has 2 amide bonds. The zero-order chi connectivity index (χ0) is 17.4.